The summed E-state index contributed by atoms with van der Waals surface area (Å²) in [7, 11) is 4.80. The van der Waals surface area contributed by atoms with Crippen LogP contribution >= 0.6 is 0 Å². The van der Waals surface area contributed by atoms with Crippen LogP contribution in [0.5, 0.6) is 6.01 Å². The zero-order valence-corrected chi connectivity index (χ0v) is 21.2. The van der Waals surface area contributed by atoms with Gasteiger partial charge >= 0.3 is 11.7 Å². The van der Waals surface area contributed by atoms with Gasteiger partial charge in [0.25, 0.3) is 5.91 Å². The number of aryl methyl sites for hydroxylation is 3. The molecule has 0 atom stereocenters. The second kappa shape index (κ2) is 9.36. The molecule has 2 heterocycles. The quantitative estimate of drug-likeness (QED) is 0.359. The fraction of sp³-hybridized carbons (Fsp3) is 0.148. The number of fused-ring (bicyclic) bond motifs is 1. The van der Waals surface area contributed by atoms with Gasteiger partial charge in [0.2, 0.25) is 5.91 Å². The van der Waals surface area contributed by atoms with Gasteiger partial charge in [-0.15, -0.1) is 5.10 Å². The molecule has 0 spiro atoms. The largest absolute Gasteiger partial charge is 0.467 e. The molecule has 0 fully saturated rings. The molecule has 11 heteroatoms. The fourth-order valence-electron chi connectivity index (χ4n) is 4.52. The van der Waals surface area contributed by atoms with Gasteiger partial charge in [-0.2, -0.15) is 5.10 Å². The topological polar surface area (TPSA) is 139 Å². The van der Waals surface area contributed by atoms with Gasteiger partial charge in [-0.25, -0.2) is 14.0 Å². The van der Waals surface area contributed by atoms with Gasteiger partial charge in [-0.1, -0.05) is 24.3 Å². The second-order valence-corrected chi connectivity index (χ2v) is 8.78. The summed E-state index contributed by atoms with van der Waals surface area (Å²) in [5, 5.41) is 12.1. The number of ether oxygens (including phenoxy) is 1. The number of hydrogen-bond donors (Lipinski definition) is 2. The number of nitrogens with zero attached hydrogens (tertiary/aromatic N) is 5. The number of hydrogen-bond acceptors (Lipinski definition) is 6. The van der Waals surface area contributed by atoms with E-state index in [2.05, 4.69) is 15.5 Å². The molecule has 5 rings (SSSR count). The van der Waals surface area contributed by atoms with Crippen molar-refractivity contribution in [2.24, 2.45) is 19.8 Å². The summed E-state index contributed by atoms with van der Waals surface area (Å²) in [6, 6.07) is 17.9. The molecular weight excluding hydrogens is 486 g/mol. The van der Waals surface area contributed by atoms with Crippen molar-refractivity contribution >= 4 is 28.4 Å². The van der Waals surface area contributed by atoms with E-state index in [9.17, 15) is 14.4 Å². The molecule has 11 nitrogen and oxygen atoms in total. The van der Waals surface area contributed by atoms with Crippen molar-refractivity contribution in [1.29, 1.82) is 0 Å². The van der Waals surface area contributed by atoms with Gasteiger partial charge in [-0.3, -0.25) is 14.3 Å². The Morgan fingerprint density at radius 2 is 1.71 bits per heavy atom. The molecule has 0 saturated heterocycles. The minimum atomic E-state index is -0.581. The number of benzene rings is 3. The maximum atomic E-state index is 13.3. The van der Waals surface area contributed by atoms with Gasteiger partial charge in [0.05, 0.1) is 18.3 Å². The van der Waals surface area contributed by atoms with Crippen LogP contribution in [0, 0.1) is 6.92 Å². The zero-order chi connectivity index (χ0) is 27.1. The first kappa shape index (κ1) is 24.5. The van der Waals surface area contributed by atoms with Crippen LogP contribution in [0.15, 0.2) is 65.5 Å². The van der Waals surface area contributed by atoms with Gasteiger partial charge in [0, 0.05) is 30.7 Å². The highest BCUT2D eigenvalue weighted by Gasteiger charge is 2.21. The van der Waals surface area contributed by atoms with Crippen molar-refractivity contribution in [1.82, 2.24) is 24.1 Å². The van der Waals surface area contributed by atoms with Crippen LogP contribution < -0.4 is 21.5 Å². The molecule has 0 aliphatic rings. The maximum absolute atomic E-state index is 13.3. The normalized spacial score (nSPS) is 11.1. The first-order valence-corrected chi connectivity index (χ1v) is 11.7. The SMILES string of the molecule is COc1nn(C)c(=O)n1-c1ccc(-c2ccc3c(c(C(=O)Nc4cccc(C(N)=O)c4)nn3C)c2C)cc1. The van der Waals surface area contributed by atoms with E-state index in [4.69, 9.17) is 10.5 Å². The third kappa shape index (κ3) is 4.09. The lowest BCUT2D eigenvalue weighted by Crippen LogP contribution is -2.21. The molecule has 192 valence electrons. The highest BCUT2D eigenvalue weighted by atomic mass is 16.5. The lowest BCUT2D eigenvalue weighted by molar-refractivity contribution is 0.0995. The van der Waals surface area contributed by atoms with Crippen molar-refractivity contribution in [3.63, 3.8) is 0 Å². The number of amides is 2. The number of primary amides is 1. The first-order chi connectivity index (χ1) is 18.2. The third-order valence-corrected chi connectivity index (χ3v) is 6.41. The predicted molar refractivity (Wildman–Crippen MR) is 143 cm³/mol. The van der Waals surface area contributed by atoms with Gasteiger partial charge < -0.3 is 15.8 Å². The predicted octanol–water partition coefficient (Wildman–Crippen LogP) is 2.79. The molecule has 0 bridgehead atoms. The molecule has 2 aromatic heterocycles. The fourth-order valence-corrected chi connectivity index (χ4v) is 4.52. The Morgan fingerprint density at radius 1 is 0.974 bits per heavy atom. The van der Waals surface area contributed by atoms with Crippen molar-refractivity contribution < 1.29 is 14.3 Å². The van der Waals surface area contributed by atoms with Gasteiger partial charge in [-0.05, 0) is 60.0 Å². The van der Waals surface area contributed by atoms with Crippen LogP contribution in [0.2, 0.25) is 0 Å². The average Bonchev–Trinajstić information content (AvgIpc) is 3.40. The van der Waals surface area contributed by atoms with E-state index in [1.165, 1.54) is 22.4 Å². The Balaban J connectivity index is 1.53. The Morgan fingerprint density at radius 3 is 2.39 bits per heavy atom. The van der Waals surface area contributed by atoms with E-state index in [1.807, 2.05) is 43.3 Å². The van der Waals surface area contributed by atoms with Crippen LogP contribution in [0.3, 0.4) is 0 Å². The van der Waals surface area contributed by atoms with Crippen LogP contribution in [0.25, 0.3) is 27.7 Å². The maximum Gasteiger partial charge on any atom is 0.353 e. The van der Waals surface area contributed by atoms with Crippen LogP contribution in [0.1, 0.15) is 26.4 Å². The van der Waals surface area contributed by atoms with Gasteiger partial charge in [0.15, 0.2) is 5.69 Å². The number of methoxy groups -OCH3 is 1. The van der Waals surface area contributed by atoms with E-state index >= 15 is 0 Å². The molecule has 0 aliphatic heterocycles. The summed E-state index contributed by atoms with van der Waals surface area (Å²) in [6.45, 7) is 1.94. The third-order valence-electron chi connectivity index (χ3n) is 6.41. The summed E-state index contributed by atoms with van der Waals surface area (Å²) in [5.74, 6) is -0.987. The molecule has 2 amide bonds. The molecule has 0 aliphatic carbocycles. The highest BCUT2D eigenvalue weighted by molar-refractivity contribution is 6.13. The monoisotopic (exact) mass is 511 g/mol. The Kier molecular flexibility index (Phi) is 6.03. The van der Waals surface area contributed by atoms with E-state index < -0.39 is 11.8 Å². The molecule has 0 unspecified atom stereocenters. The van der Waals surface area contributed by atoms with Crippen LogP contribution in [0.4, 0.5) is 5.69 Å². The van der Waals surface area contributed by atoms with Crippen LogP contribution in [-0.4, -0.2) is 43.1 Å². The first-order valence-electron chi connectivity index (χ1n) is 11.7. The minimum Gasteiger partial charge on any atom is -0.467 e. The molecule has 0 radical (unpaired) electrons. The molecule has 0 saturated carbocycles. The number of rotatable bonds is 6. The lowest BCUT2D eigenvalue weighted by atomic mass is 9.96. The van der Waals surface area contributed by atoms with Crippen LogP contribution in [-0.2, 0) is 14.1 Å². The number of nitrogens with two attached hydrogens (primary N) is 1. The van der Waals surface area contributed by atoms with E-state index in [0.717, 1.165) is 22.2 Å². The molecule has 3 N–H and O–H groups in total. The summed E-state index contributed by atoms with van der Waals surface area (Å²) >= 11 is 0. The highest BCUT2D eigenvalue weighted by Crippen LogP contribution is 2.32. The average molecular weight is 512 g/mol. The Labute approximate surface area is 217 Å². The molecule has 5 aromatic rings. The van der Waals surface area contributed by atoms with Crippen molar-refractivity contribution in [2.75, 3.05) is 12.4 Å². The molecule has 3 aromatic carbocycles. The standard InChI is InChI=1S/C27H25N7O4/c1-15-20(16-8-10-19(11-9-16)34-26(38-4)31-33(3)27(34)37)12-13-21-22(15)23(30-32(21)2)25(36)29-18-7-5-6-17(14-18)24(28)35/h5-14H,1-4H3,(H2,28,35)(H,29,36). The summed E-state index contributed by atoms with van der Waals surface area (Å²) in [6.07, 6.45) is 0. The van der Waals surface area contributed by atoms with E-state index in [0.29, 0.717) is 22.3 Å². The Hall–Kier alpha value is -5.19. The smallest absolute Gasteiger partial charge is 0.353 e. The summed E-state index contributed by atoms with van der Waals surface area (Å²) in [4.78, 5) is 37.3. The lowest BCUT2D eigenvalue weighted by Gasteiger charge is -2.11. The van der Waals surface area contributed by atoms with Crippen molar-refractivity contribution in [3.05, 3.63) is 88.0 Å². The number of aromatic nitrogens is 5. The Bertz CT molecular complexity index is 1780. The number of carbonyl (C=O) groups is 2. The van der Waals surface area contributed by atoms with E-state index in [-0.39, 0.29) is 17.4 Å². The number of anilines is 1. The second-order valence-electron chi connectivity index (χ2n) is 8.78. The van der Waals surface area contributed by atoms with Crippen molar-refractivity contribution in [3.8, 4) is 22.8 Å². The summed E-state index contributed by atoms with van der Waals surface area (Å²) < 4.78 is 9.50. The van der Waals surface area contributed by atoms with Gasteiger partial charge in [0.1, 0.15) is 0 Å². The minimum absolute atomic E-state index is 0.190. The number of nitrogens with one attached hydrogen (secondary N) is 1. The zero-order valence-electron chi connectivity index (χ0n) is 21.2. The summed E-state index contributed by atoms with van der Waals surface area (Å²) in [5.41, 5.74) is 10.1. The van der Waals surface area contributed by atoms with Crippen molar-refractivity contribution in [2.45, 2.75) is 6.92 Å². The van der Waals surface area contributed by atoms with E-state index in [1.54, 1.807) is 37.0 Å². The number of carbonyl (C=O) groups excluding carboxylic acids is 2. The molecule has 38 heavy (non-hydrogen) atoms. The molecular formula is C27H25N7O4.